The minimum absolute atomic E-state index is 0.627. The van der Waals surface area contributed by atoms with E-state index < -0.39 is 0 Å². The van der Waals surface area contributed by atoms with Crippen molar-refractivity contribution in [3.05, 3.63) is 36.4 Å². The molecule has 4 nitrogen and oxygen atoms in total. The van der Waals surface area contributed by atoms with Crippen molar-refractivity contribution in [1.82, 2.24) is 0 Å². The Hall–Kier alpha value is -2.01. The zero-order chi connectivity index (χ0) is 13.8. The maximum atomic E-state index is 5.79. The van der Waals surface area contributed by atoms with Crippen LogP contribution in [0.3, 0.4) is 0 Å². The number of hydrogen-bond acceptors (Lipinski definition) is 5. The van der Waals surface area contributed by atoms with Crippen LogP contribution in [0.15, 0.2) is 46.2 Å². The van der Waals surface area contributed by atoms with E-state index in [1.165, 1.54) is 0 Å². The second-order valence-electron chi connectivity index (χ2n) is 3.91. The molecule has 0 saturated heterocycles. The van der Waals surface area contributed by atoms with Gasteiger partial charge in [-0.2, -0.15) is 0 Å². The van der Waals surface area contributed by atoms with E-state index in [2.05, 4.69) is 0 Å². The lowest BCUT2D eigenvalue weighted by molar-refractivity contribution is 0.415. The van der Waals surface area contributed by atoms with Crippen LogP contribution >= 0.6 is 11.8 Å². The van der Waals surface area contributed by atoms with Crippen LogP contribution in [0.2, 0.25) is 0 Å². The zero-order valence-corrected chi connectivity index (χ0v) is 11.7. The Balaban J connectivity index is 2.25. The normalized spacial score (nSPS) is 10.2. The standard InChI is InChI=1S/C14H16N2O2S/c1-17-13-7-9(3-5-11(13)15)19-10-4-6-12(16)14(8-10)18-2/h3-8H,15-16H2,1-2H3. The molecule has 100 valence electrons. The zero-order valence-electron chi connectivity index (χ0n) is 10.8. The summed E-state index contributed by atoms with van der Waals surface area (Å²) in [4.78, 5) is 2.08. The molecule has 0 aliphatic rings. The monoisotopic (exact) mass is 276 g/mol. The van der Waals surface area contributed by atoms with Crippen LogP contribution in [0.25, 0.3) is 0 Å². The fourth-order valence-corrected chi connectivity index (χ4v) is 2.52. The molecule has 0 aliphatic heterocycles. The molecule has 0 bridgehead atoms. The summed E-state index contributed by atoms with van der Waals surface area (Å²) in [5, 5.41) is 0. The van der Waals surface area contributed by atoms with Crippen molar-refractivity contribution >= 4 is 23.1 Å². The van der Waals surface area contributed by atoms with Gasteiger partial charge in [0, 0.05) is 9.79 Å². The molecular formula is C14H16N2O2S. The maximum Gasteiger partial charge on any atom is 0.142 e. The number of rotatable bonds is 4. The summed E-state index contributed by atoms with van der Waals surface area (Å²) in [5.41, 5.74) is 12.8. The van der Waals surface area contributed by atoms with E-state index in [1.54, 1.807) is 26.0 Å². The average Bonchev–Trinajstić information content (AvgIpc) is 2.43. The topological polar surface area (TPSA) is 70.5 Å². The minimum atomic E-state index is 0.627. The first-order valence-electron chi connectivity index (χ1n) is 5.69. The van der Waals surface area contributed by atoms with E-state index >= 15 is 0 Å². The highest BCUT2D eigenvalue weighted by molar-refractivity contribution is 7.99. The first-order valence-corrected chi connectivity index (χ1v) is 6.50. The van der Waals surface area contributed by atoms with Crippen molar-refractivity contribution in [2.75, 3.05) is 25.7 Å². The first-order chi connectivity index (χ1) is 9.13. The molecule has 2 rings (SSSR count). The van der Waals surface area contributed by atoms with Crippen LogP contribution in [0.4, 0.5) is 11.4 Å². The van der Waals surface area contributed by atoms with Gasteiger partial charge in [-0.1, -0.05) is 11.8 Å². The van der Waals surface area contributed by atoms with E-state index in [-0.39, 0.29) is 0 Å². The summed E-state index contributed by atoms with van der Waals surface area (Å²) >= 11 is 1.59. The number of methoxy groups -OCH3 is 2. The number of nitrogen functional groups attached to an aromatic ring is 2. The molecule has 0 aliphatic carbocycles. The predicted octanol–water partition coefficient (Wildman–Crippen LogP) is 3.02. The molecule has 0 heterocycles. The highest BCUT2D eigenvalue weighted by Gasteiger charge is 2.05. The van der Waals surface area contributed by atoms with E-state index in [4.69, 9.17) is 20.9 Å². The molecule has 0 aromatic heterocycles. The molecular weight excluding hydrogens is 260 g/mol. The van der Waals surface area contributed by atoms with Crippen molar-refractivity contribution in [2.45, 2.75) is 9.79 Å². The van der Waals surface area contributed by atoms with E-state index in [0.717, 1.165) is 9.79 Å². The van der Waals surface area contributed by atoms with Gasteiger partial charge in [0.1, 0.15) is 11.5 Å². The Morgan fingerprint density at radius 3 is 1.58 bits per heavy atom. The molecule has 0 saturated carbocycles. The van der Waals surface area contributed by atoms with Crippen LogP contribution in [0, 0.1) is 0 Å². The molecule has 0 amide bonds. The smallest absolute Gasteiger partial charge is 0.142 e. The molecule has 5 heteroatoms. The van der Waals surface area contributed by atoms with Crippen molar-refractivity contribution < 1.29 is 9.47 Å². The van der Waals surface area contributed by atoms with Gasteiger partial charge in [0.25, 0.3) is 0 Å². The first kappa shape index (κ1) is 13.4. The highest BCUT2D eigenvalue weighted by Crippen LogP contribution is 2.35. The summed E-state index contributed by atoms with van der Waals surface area (Å²) in [6, 6.07) is 11.4. The van der Waals surface area contributed by atoms with Crippen LogP contribution < -0.4 is 20.9 Å². The lowest BCUT2D eigenvalue weighted by Gasteiger charge is -2.09. The van der Waals surface area contributed by atoms with Gasteiger partial charge in [-0.25, -0.2) is 0 Å². The molecule has 0 spiro atoms. The molecule has 2 aromatic rings. The van der Waals surface area contributed by atoms with Crippen molar-refractivity contribution in [3.63, 3.8) is 0 Å². The number of benzene rings is 2. The third-order valence-electron chi connectivity index (χ3n) is 2.65. The van der Waals surface area contributed by atoms with E-state index in [0.29, 0.717) is 22.9 Å². The number of ether oxygens (including phenoxy) is 2. The van der Waals surface area contributed by atoms with Gasteiger partial charge in [-0.05, 0) is 36.4 Å². The van der Waals surface area contributed by atoms with Crippen LogP contribution in [-0.4, -0.2) is 14.2 Å². The average molecular weight is 276 g/mol. The summed E-state index contributed by atoms with van der Waals surface area (Å²) in [7, 11) is 3.21. The highest BCUT2D eigenvalue weighted by atomic mass is 32.2. The molecule has 19 heavy (non-hydrogen) atoms. The van der Waals surface area contributed by atoms with Gasteiger partial charge in [0.2, 0.25) is 0 Å². The molecule has 0 unspecified atom stereocenters. The fourth-order valence-electron chi connectivity index (χ4n) is 1.65. The second-order valence-corrected chi connectivity index (χ2v) is 5.06. The van der Waals surface area contributed by atoms with Gasteiger partial charge in [-0.15, -0.1) is 0 Å². The molecule has 4 N–H and O–H groups in total. The minimum Gasteiger partial charge on any atom is -0.495 e. The van der Waals surface area contributed by atoms with Crippen molar-refractivity contribution in [2.24, 2.45) is 0 Å². The van der Waals surface area contributed by atoms with Crippen molar-refractivity contribution in [1.29, 1.82) is 0 Å². The Morgan fingerprint density at radius 1 is 0.789 bits per heavy atom. The number of anilines is 2. The lowest BCUT2D eigenvalue weighted by Crippen LogP contribution is -1.93. The number of hydrogen-bond donors (Lipinski definition) is 2. The van der Waals surface area contributed by atoms with Crippen LogP contribution in [0.5, 0.6) is 11.5 Å². The lowest BCUT2D eigenvalue weighted by atomic mass is 10.3. The van der Waals surface area contributed by atoms with Gasteiger partial charge in [0.15, 0.2) is 0 Å². The Labute approximate surface area is 116 Å². The summed E-state index contributed by atoms with van der Waals surface area (Å²) in [5.74, 6) is 1.35. The molecule has 2 aromatic carbocycles. The fraction of sp³-hybridized carbons (Fsp3) is 0.143. The summed E-state index contributed by atoms with van der Waals surface area (Å²) in [6.45, 7) is 0. The van der Waals surface area contributed by atoms with Gasteiger partial charge in [0.05, 0.1) is 25.6 Å². The Bertz CT molecular complexity index is 536. The third kappa shape index (κ3) is 3.06. The Morgan fingerprint density at radius 2 is 1.21 bits per heavy atom. The molecule has 0 radical (unpaired) electrons. The quantitative estimate of drug-likeness (QED) is 0.840. The third-order valence-corrected chi connectivity index (χ3v) is 3.62. The second kappa shape index (κ2) is 5.75. The number of nitrogens with two attached hydrogens (primary N) is 2. The Kier molecular flexibility index (Phi) is 4.06. The van der Waals surface area contributed by atoms with E-state index in [1.807, 2.05) is 36.4 Å². The van der Waals surface area contributed by atoms with Gasteiger partial charge in [-0.3, -0.25) is 0 Å². The maximum absolute atomic E-state index is 5.79. The van der Waals surface area contributed by atoms with Gasteiger partial charge >= 0.3 is 0 Å². The van der Waals surface area contributed by atoms with Gasteiger partial charge < -0.3 is 20.9 Å². The van der Waals surface area contributed by atoms with E-state index in [9.17, 15) is 0 Å². The predicted molar refractivity (Wildman–Crippen MR) is 78.9 cm³/mol. The van der Waals surface area contributed by atoms with Crippen molar-refractivity contribution in [3.8, 4) is 11.5 Å². The van der Waals surface area contributed by atoms with Crippen LogP contribution in [-0.2, 0) is 0 Å². The van der Waals surface area contributed by atoms with Crippen LogP contribution in [0.1, 0.15) is 0 Å². The largest absolute Gasteiger partial charge is 0.495 e. The summed E-state index contributed by atoms with van der Waals surface area (Å²) in [6.07, 6.45) is 0. The summed E-state index contributed by atoms with van der Waals surface area (Å²) < 4.78 is 10.4. The molecule has 0 fully saturated rings. The SMILES string of the molecule is COc1cc(Sc2ccc(N)c(OC)c2)ccc1N. The molecule has 0 atom stereocenters.